The van der Waals surface area contributed by atoms with Crippen LogP contribution in [-0.2, 0) is 6.42 Å². The van der Waals surface area contributed by atoms with Crippen molar-refractivity contribution < 1.29 is 0 Å². The maximum atomic E-state index is 4.36. The van der Waals surface area contributed by atoms with Crippen LogP contribution in [0, 0.1) is 13.8 Å². The molecule has 0 spiro atoms. The van der Waals surface area contributed by atoms with Gasteiger partial charge in [-0.1, -0.05) is 23.8 Å². The van der Waals surface area contributed by atoms with Gasteiger partial charge >= 0.3 is 0 Å². The van der Waals surface area contributed by atoms with E-state index in [1.54, 1.807) is 0 Å². The summed E-state index contributed by atoms with van der Waals surface area (Å²) in [5.74, 6) is 0. The molecule has 0 atom stereocenters. The van der Waals surface area contributed by atoms with Gasteiger partial charge in [0.15, 0.2) is 0 Å². The summed E-state index contributed by atoms with van der Waals surface area (Å²) in [6.45, 7) is 4.19. The lowest BCUT2D eigenvalue weighted by atomic mass is 10.0. The second kappa shape index (κ2) is 2.93. The molecule has 3 rings (SSSR count). The molecule has 0 N–H and O–H groups in total. The van der Waals surface area contributed by atoms with Crippen LogP contribution < -0.4 is 0 Å². The van der Waals surface area contributed by atoms with Gasteiger partial charge in [-0.15, -0.1) is 0 Å². The third-order valence-electron chi connectivity index (χ3n) is 3.06. The molecule has 2 aromatic rings. The predicted molar refractivity (Wildman–Crippen MR) is 62.0 cm³/mol. The Kier molecular flexibility index (Phi) is 1.69. The number of hydrogen-bond donors (Lipinski definition) is 0. The van der Waals surface area contributed by atoms with E-state index in [9.17, 15) is 0 Å². The van der Waals surface area contributed by atoms with Crippen molar-refractivity contribution in [2.24, 2.45) is 0 Å². The molecule has 74 valence electrons. The number of rotatable bonds is 0. The van der Waals surface area contributed by atoms with Crippen molar-refractivity contribution in [3.8, 4) is 11.1 Å². The highest BCUT2D eigenvalue weighted by Gasteiger charge is 2.18. The smallest absolute Gasteiger partial charge is 0.0379 e. The maximum Gasteiger partial charge on any atom is 0.0379 e. The zero-order valence-electron chi connectivity index (χ0n) is 9.04. The van der Waals surface area contributed by atoms with Gasteiger partial charge in [0.05, 0.1) is 0 Å². The van der Waals surface area contributed by atoms with E-state index in [-0.39, 0.29) is 0 Å². The molecule has 1 aromatic heterocycles. The largest absolute Gasteiger partial charge is 0.261 e. The summed E-state index contributed by atoms with van der Waals surface area (Å²) in [5.41, 5.74) is 8.00. The lowest BCUT2D eigenvalue weighted by Crippen LogP contribution is -1.85. The summed E-state index contributed by atoms with van der Waals surface area (Å²) in [5, 5.41) is 0. The summed E-state index contributed by atoms with van der Waals surface area (Å²) < 4.78 is 0. The van der Waals surface area contributed by atoms with Crippen molar-refractivity contribution in [3.05, 3.63) is 52.8 Å². The SMILES string of the molecule is Cc1ccc2c(c1)-c1cc(C)ncc1C2. The molecule has 0 radical (unpaired) electrons. The molecule has 0 bridgehead atoms. The molecule has 15 heavy (non-hydrogen) atoms. The van der Waals surface area contributed by atoms with Crippen LogP contribution >= 0.6 is 0 Å². The van der Waals surface area contributed by atoms with E-state index in [1.807, 2.05) is 13.1 Å². The molecule has 0 amide bonds. The molecule has 1 aliphatic carbocycles. The summed E-state index contributed by atoms with van der Waals surface area (Å²) in [7, 11) is 0. The van der Waals surface area contributed by atoms with Crippen molar-refractivity contribution in [3.63, 3.8) is 0 Å². The molecule has 0 fully saturated rings. The molecule has 1 nitrogen and oxygen atoms in total. The van der Waals surface area contributed by atoms with Crippen molar-refractivity contribution in [2.75, 3.05) is 0 Å². The Morgan fingerprint density at radius 3 is 2.67 bits per heavy atom. The van der Waals surface area contributed by atoms with Gasteiger partial charge in [-0.2, -0.15) is 0 Å². The second-order valence-corrected chi connectivity index (χ2v) is 4.32. The Labute approximate surface area is 89.8 Å². The average Bonchev–Trinajstić information content (AvgIpc) is 2.56. The molecule has 1 aliphatic rings. The minimum absolute atomic E-state index is 1.04. The zero-order chi connectivity index (χ0) is 10.4. The minimum atomic E-state index is 1.04. The van der Waals surface area contributed by atoms with Crippen LogP contribution in [0.5, 0.6) is 0 Å². The van der Waals surface area contributed by atoms with Crippen molar-refractivity contribution in [1.29, 1.82) is 0 Å². The highest BCUT2D eigenvalue weighted by molar-refractivity contribution is 5.77. The van der Waals surface area contributed by atoms with Crippen molar-refractivity contribution >= 4 is 0 Å². The molecule has 0 unspecified atom stereocenters. The summed E-state index contributed by atoms with van der Waals surface area (Å²) in [6.07, 6.45) is 3.05. The Balaban J connectivity index is 2.28. The maximum absolute atomic E-state index is 4.36. The normalized spacial score (nSPS) is 12.4. The van der Waals surface area contributed by atoms with Crippen molar-refractivity contribution in [1.82, 2.24) is 4.98 Å². The van der Waals surface area contributed by atoms with Crippen LogP contribution in [0.15, 0.2) is 30.5 Å². The Hall–Kier alpha value is -1.63. The number of fused-ring (bicyclic) bond motifs is 3. The minimum Gasteiger partial charge on any atom is -0.261 e. The van der Waals surface area contributed by atoms with E-state index >= 15 is 0 Å². The average molecular weight is 195 g/mol. The molecule has 0 aliphatic heterocycles. The number of aryl methyl sites for hydroxylation is 2. The lowest BCUT2D eigenvalue weighted by Gasteiger charge is -2.02. The van der Waals surface area contributed by atoms with Gasteiger partial charge in [0.1, 0.15) is 0 Å². The van der Waals surface area contributed by atoms with E-state index in [0.29, 0.717) is 0 Å². The van der Waals surface area contributed by atoms with Gasteiger partial charge in [0.2, 0.25) is 0 Å². The fourth-order valence-corrected chi connectivity index (χ4v) is 2.28. The summed E-state index contributed by atoms with van der Waals surface area (Å²) in [4.78, 5) is 4.36. The van der Waals surface area contributed by atoms with Crippen LogP contribution in [-0.4, -0.2) is 4.98 Å². The highest BCUT2D eigenvalue weighted by atomic mass is 14.7. The van der Waals surface area contributed by atoms with Crippen LogP contribution in [0.2, 0.25) is 0 Å². The number of pyridine rings is 1. The van der Waals surface area contributed by atoms with Crippen LogP contribution in [0.1, 0.15) is 22.4 Å². The fraction of sp³-hybridized carbons (Fsp3) is 0.214. The quantitative estimate of drug-likeness (QED) is 0.536. The fourth-order valence-electron chi connectivity index (χ4n) is 2.28. The Bertz CT molecular complexity index is 492. The number of nitrogens with zero attached hydrogens (tertiary/aromatic N) is 1. The molecule has 0 saturated heterocycles. The van der Waals surface area contributed by atoms with E-state index in [4.69, 9.17) is 0 Å². The Morgan fingerprint density at radius 1 is 1.00 bits per heavy atom. The van der Waals surface area contributed by atoms with E-state index in [0.717, 1.165) is 12.1 Å². The third kappa shape index (κ3) is 1.27. The van der Waals surface area contributed by atoms with Gasteiger partial charge < -0.3 is 0 Å². The van der Waals surface area contributed by atoms with E-state index in [1.165, 1.54) is 27.8 Å². The predicted octanol–water partition coefficient (Wildman–Crippen LogP) is 3.27. The standard InChI is InChI=1S/C14H13N/c1-9-3-4-11-7-12-8-15-10(2)6-14(12)13(11)5-9/h3-6,8H,7H2,1-2H3. The van der Waals surface area contributed by atoms with Gasteiger partial charge in [-0.3, -0.25) is 4.98 Å². The zero-order valence-corrected chi connectivity index (χ0v) is 9.04. The first-order valence-corrected chi connectivity index (χ1v) is 5.29. The van der Waals surface area contributed by atoms with Gasteiger partial charge in [0, 0.05) is 18.3 Å². The monoisotopic (exact) mass is 195 g/mol. The molecular formula is C14H13N. The lowest BCUT2D eigenvalue weighted by molar-refractivity contribution is 1.15. The van der Waals surface area contributed by atoms with Crippen LogP contribution in [0.3, 0.4) is 0 Å². The number of hydrogen-bond acceptors (Lipinski definition) is 1. The molecular weight excluding hydrogens is 182 g/mol. The van der Waals surface area contributed by atoms with E-state index in [2.05, 4.69) is 36.2 Å². The molecule has 1 heterocycles. The summed E-state index contributed by atoms with van der Waals surface area (Å²) >= 11 is 0. The number of aromatic nitrogens is 1. The first-order chi connectivity index (χ1) is 7.24. The molecule has 0 saturated carbocycles. The highest BCUT2D eigenvalue weighted by Crippen LogP contribution is 2.36. The first-order valence-electron chi connectivity index (χ1n) is 5.29. The first kappa shape index (κ1) is 8.66. The van der Waals surface area contributed by atoms with Crippen LogP contribution in [0.25, 0.3) is 11.1 Å². The van der Waals surface area contributed by atoms with Crippen molar-refractivity contribution in [2.45, 2.75) is 20.3 Å². The second-order valence-electron chi connectivity index (χ2n) is 4.32. The molecule has 1 aromatic carbocycles. The topological polar surface area (TPSA) is 12.9 Å². The third-order valence-corrected chi connectivity index (χ3v) is 3.06. The Morgan fingerprint density at radius 2 is 1.80 bits per heavy atom. The van der Waals surface area contributed by atoms with Gasteiger partial charge in [-0.05, 0) is 42.2 Å². The van der Waals surface area contributed by atoms with E-state index < -0.39 is 0 Å². The molecule has 1 heteroatoms. The van der Waals surface area contributed by atoms with Gasteiger partial charge in [0.25, 0.3) is 0 Å². The van der Waals surface area contributed by atoms with Gasteiger partial charge in [-0.25, -0.2) is 0 Å². The van der Waals surface area contributed by atoms with Crippen LogP contribution in [0.4, 0.5) is 0 Å². The number of benzene rings is 1. The summed E-state index contributed by atoms with van der Waals surface area (Å²) in [6, 6.07) is 8.90.